The Morgan fingerprint density at radius 1 is 1.32 bits per heavy atom. The lowest BCUT2D eigenvalue weighted by molar-refractivity contribution is 0.622. The second-order valence-electron chi connectivity index (χ2n) is 4.54. The maximum Gasteiger partial charge on any atom is 0.142 e. The average molecular weight is 390 g/mol. The smallest absolute Gasteiger partial charge is 0.142 e. The molecule has 2 aromatic rings. The lowest BCUT2D eigenvalue weighted by atomic mass is 9.98. The minimum atomic E-state index is -0.398. The highest BCUT2D eigenvalue weighted by Gasteiger charge is 2.12. The van der Waals surface area contributed by atoms with Crippen LogP contribution < -0.4 is 5.73 Å². The monoisotopic (exact) mass is 389 g/mol. The number of hydrogen-bond donors (Lipinski definition) is 1. The summed E-state index contributed by atoms with van der Waals surface area (Å²) >= 11 is 7.97. The SMILES string of the molecule is Cc1cccc(C(N)Cc2ccc(Cl)c(F)c2)c1I. The second kappa shape index (κ2) is 6.20. The average Bonchev–Trinajstić information content (AvgIpc) is 2.37. The third-order valence-electron chi connectivity index (χ3n) is 3.06. The van der Waals surface area contributed by atoms with E-state index in [2.05, 4.69) is 35.6 Å². The number of aryl methyl sites for hydroxylation is 1. The molecule has 0 aliphatic carbocycles. The molecule has 100 valence electrons. The lowest BCUT2D eigenvalue weighted by Crippen LogP contribution is -2.15. The summed E-state index contributed by atoms with van der Waals surface area (Å²) in [6.07, 6.45) is 0.591. The van der Waals surface area contributed by atoms with Gasteiger partial charge in [0, 0.05) is 9.61 Å². The van der Waals surface area contributed by atoms with Gasteiger partial charge in [0.05, 0.1) is 5.02 Å². The maximum absolute atomic E-state index is 13.4. The molecule has 0 fully saturated rings. The number of nitrogens with two attached hydrogens (primary N) is 1. The van der Waals surface area contributed by atoms with Gasteiger partial charge >= 0.3 is 0 Å². The molecule has 2 rings (SSSR count). The number of halogens is 3. The van der Waals surface area contributed by atoms with Gasteiger partial charge in [-0.25, -0.2) is 4.39 Å². The van der Waals surface area contributed by atoms with Crippen LogP contribution in [0.5, 0.6) is 0 Å². The van der Waals surface area contributed by atoms with E-state index in [1.165, 1.54) is 15.2 Å². The van der Waals surface area contributed by atoms with Crippen molar-refractivity contribution >= 4 is 34.2 Å². The normalized spacial score (nSPS) is 12.5. The maximum atomic E-state index is 13.4. The van der Waals surface area contributed by atoms with E-state index < -0.39 is 5.82 Å². The zero-order valence-corrected chi connectivity index (χ0v) is 13.4. The minimum absolute atomic E-state index is 0.141. The van der Waals surface area contributed by atoms with E-state index in [-0.39, 0.29) is 11.1 Å². The van der Waals surface area contributed by atoms with Gasteiger partial charge in [-0.15, -0.1) is 0 Å². The Kier molecular flexibility index (Phi) is 4.81. The summed E-state index contributed by atoms with van der Waals surface area (Å²) in [4.78, 5) is 0. The largest absolute Gasteiger partial charge is 0.324 e. The Morgan fingerprint density at radius 3 is 2.74 bits per heavy atom. The predicted molar refractivity (Wildman–Crippen MR) is 85.9 cm³/mol. The van der Waals surface area contributed by atoms with Crippen molar-refractivity contribution in [1.82, 2.24) is 0 Å². The first-order chi connectivity index (χ1) is 8.99. The third kappa shape index (κ3) is 3.46. The molecule has 1 atom stereocenters. The van der Waals surface area contributed by atoms with Crippen LogP contribution in [0, 0.1) is 16.3 Å². The highest BCUT2D eigenvalue weighted by molar-refractivity contribution is 14.1. The van der Waals surface area contributed by atoms with Crippen molar-refractivity contribution in [1.29, 1.82) is 0 Å². The lowest BCUT2D eigenvalue weighted by Gasteiger charge is -2.15. The molecule has 0 heterocycles. The van der Waals surface area contributed by atoms with Gasteiger partial charge in [0.1, 0.15) is 5.82 Å². The highest BCUT2D eigenvalue weighted by atomic mass is 127. The molecule has 0 saturated heterocycles. The fourth-order valence-electron chi connectivity index (χ4n) is 1.99. The van der Waals surface area contributed by atoms with E-state index >= 15 is 0 Å². The van der Waals surface area contributed by atoms with E-state index in [4.69, 9.17) is 17.3 Å². The molecule has 0 aromatic heterocycles. The number of benzene rings is 2. The molecule has 1 nitrogen and oxygen atoms in total. The molecular weight excluding hydrogens is 376 g/mol. The zero-order valence-electron chi connectivity index (χ0n) is 10.5. The molecule has 19 heavy (non-hydrogen) atoms. The van der Waals surface area contributed by atoms with E-state index in [1.54, 1.807) is 6.07 Å². The van der Waals surface area contributed by atoms with Crippen LogP contribution in [0.2, 0.25) is 5.02 Å². The van der Waals surface area contributed by atoms with Crippen molar-refractivity contribution in [2.45, 2.75) is 19.4 Å². The molecule has 4 heteroatoms. The van der Waals surface area contributed by atoms with Crippen LogP contribution >= 0.6 is 34.2 Å². The van der Waals surface area contributed by atoms with Crippen molar-refractivity contribution in [3.05, 3.63) is 67.5 Å². The van der Waals surface area contributed by atoms with E-state index in [0.717, 1.165) is 11.1 Å². The van der Waals surface area contributed by atoms with Gasteiger partial charge in [-0.2, -0.15) is 0 Å². The Bertz CT molecular complexity index is 601. The standard InChI is InChI=1S/C15H14ClFIN/c1-9-3-2-4-11(15(9)18)14(19)8-10-5-6-12(16)13(17)7-10/h2-7,14H,8,19H2,1H3. The molecule has 0 spiro atoms. The summed E-state index contributed by atoms with van der Waals surface area (Å²) in [6.45, 7) is 2.06. The highest BCUT2D eigenvalue weighted by Crippen LogP contribution is 2.25. The van der Waals surface area contributed by atoms with Gasteiger partial charge in [0.25, 0.3) is 0 Å². The molecule has 0 radical (unpaired) electrons. The van der Waals surface area contributed by atoms with Gasteiger partial charge < -0.3 is 5.73 Å². The van der Waals surface area contributed by atoms with E-state index in [1.807, 2.05) is 18.2 Å². The summed E-state index contributed by atoms with van der Waals surface area (Å²) < 4.78 is 14.6. The summed E-state index contributed by atoms with van der Waals surface area (Å²) in [6, 6.07) is 10.8. The topological polar surface area (TPSA) is 26.0 Å². The van der Waals surface area contributed by atoms with Gasteiger partial charge in [0.15, 0.2) is 0 Å². The first kappa shape index (κ1) is 14.8. The quantitative estimate of drug-likeness (QED) is 0.761. The van der Waals surface area contributed by atoms with Crippen molar-refractivity contribution in [3.63, 3.8) is 0 Å². The Labute approximate surface area is 131 Å². The molecular formula is C15H14ClFIN. The third-order valence-corrected chi connectivity index (χ3v) is 4.84. The van der Waals surface area contributed by atoms with Crippen LogP contribution in [-0.4, -0.2) is 0 Å². The predicted octanol–water partition coefficient (Wildman–Crippen LogP) is 4.63. The zero-order chi connectivity index (χ0) is 14.0. The first-order valence-electron chi connectivity index (χ1n) is 5.93. The van der Waals surface area contributed by atoms with Crippen molar-refractivity contribution < 1.29 is 4.39 Å². The summed E-state index contributed by atoms with van der Waals surface area (Å²) in [5, 5.41) is 0.141. The fourth-order valence-corrected chi connectivity index (χ4v) is 2.86. The van der Waals surface area contributed by atoms with Gasteiger partial charge in [-0.3, -0.25) is 0 Å². The van der Waals surface area contributed by atoms with Crippen LogP contribution in [0.25, 0.3) is 0 Å². The van der Waals surface area contributed by atoms with Crippen LogP contribution in [0.15, 0.2) is 36.4 Å². The molecule has 2 aromatic carbocycles. The molecule has 2 N–H and O–H groups in total. The van der Waals surface area contributed by atoms with Gasteiger partial charge in [-0.1, -0.05) is 35.9 Å². The van der Waals surface area contributed by atoms with Crippen molar-refractivity contribution in [2.24, 2.45) is 5.73 Å². The first-order valence-corrected chi connectivity index (χ1v) is 7.39. The molecule has 0 amide bonds. The van der Waals surface area contributed by atoms with Crippen molar-refractivity contribution in [2.75, 3.05) is 0 Å². The van der Waals surface area contributed by atoms with Crippen LogP contribution in [0.4, 0.5) is 4.39 Å². The molecule has 0 aliphatic rings. The van der Waals surface area contributed by atoms with Crippen molar-refractivity contribution in [3.8, 4) is 0 Å². The second-order valence-corrected chi connectivity index (χ2v) is 6.02. The minimum Gasteiger partial charge on any atom is -0.324 e. The molecule has 0 aliphatic heterocycles. The van der Waals surface area contributed by atoms with Gasteiger partial charge in [-0.05, 0) is 64.8 Å². The van der Waals surface area contributed by atoms with E-state index in [0.29, 0.717) is 6.42 Å². The van der Waals surface area contributed by atoms with Crippen LogP contribution in [0.3, 0.4) is 0 Å². The fraction of sp³-hybridized carbons (Fsp3) is 0.200. The summed E-state index contributed by atoms with van der Waals surface area (Å²) in [5.41, 5.74) is 9.38. The molecule has 1 unspecified atom stereocenters. The summed E-state index contributed by atoms with van der Waals surface area (Å²) in [5.74, 6) is -0.398. The Morgan fingerprint density at radius 2 is 2.05 bits per heavy atom. The van der Waals surface area contributed by atoms with Gasteiger partial charge in [0.2, 0.25) is 0 Å². The molecule has 0 saturated carbocycles. The Hall–Kier alpha value is -0.650. The van der Waals surface area contributed by atoms with Crippen LogP contribution in [-0.2, 0) is 6.42 Å². The number of hydrogen-bond acceptors (Lipinski definition) is 1. The summed E-state index contributed by atoms with van der Waals surface area (Å²) in [7, 11) is 0. The Balaban J connectivity index is 2.23. The van der Waals surface area contributed by atoms with E-state index in [9.17, 15) is 4.39 Å². The van der Waals surface area contributed by atoms with Crippen LogP contribution in [0.1, 0.15) is 22.7 Å². The molecule has 0 bridgehead atoms. The number of rotatable bonds is 3.